The van der Waals surface area contributed by atoms with Gasteiger partial charge in [-0.15, -0.1) is 0 Å². The van der Waals surface area contributed by atoms with Gasteiger partial charge in [0.15, 0.2) is 0 Å². The van der Waals surface area contributed by atoms with Crippen molar-refractivity contribution in [3.8, 4) is 0 Å². The SMILES string of the molecule is CCC(C)NC(=O)c1cn(C2CCCC2)cc(C(=O)N2CCCCC2)c1=O. The zero-order valence-corrected chi connectivity index (χ0v) is 16.5. The van der Waals surface area contributed by atoms with E-state index in [-0.39, 0.29) is 35.0 Å². The van der Waals surface area contributed by atoms with Crippen LogP contribution in [0, 0.1) is 0 Å². The standard InChI is InChI=1S/C21H31N3O3/c1-3-15(2)22-20(26)17-13-24(16-9-5-6-10-16)14-18(19(17)25)21(27)23-11-7-4-8-12-23/h13-16H,3-12H2,1-2H3,(H,22,26). The molecule has 0 radical (unpaired) electrons. The lowest BCUT2D eigenvalue weighted by molar-refractivity contribution is 0.0722. The number of carbonyl (C=O) groups is 2. The summed E-state index contributed by atoms with van der Waals surface area (Å²) in [4.78, 5) is 40.5. The minimum Gasteiger partial charge on any atom is -0.349 e. The molecule has 148 valence electrons. The van der Waals surface area contributed by atoms with Gasteiger partial charge in [0.2, 0.25) is 5.43 Å². The lowest BCUT2D eigenvalue weighted by atomic mass is 10.1. The molecular weight excluding hydrogens is 342 g/mol. The summed E-state index contributed by atoms with van der Waals surface area (Å²) in [5, 5.41) is 2.87. The second-order valence-corrected chi connectivity index (χ2v) is 7.94. The molecule has 0 bridgehead atoms. The van der Waals surface area contributed by atoms with Crippen molar-refractivity contribution in [2.45, 2.75) is 77.3 Å². The topological polar surface area (TPSA) is 71.4 Å². The van der Waals surface area contributed by atoms with Crippen molar-refractivity contribution in [2.75, 3.05) is 13.1 Å². The van der Waals surface area contributed by atoms with E-state index in [0.29, 0.717) is 13.1 Å². The van der Waals surface area contributed by atoms with Crippen LogP contribution in [-0.4, -0.2) is 40.4 Å². The summed E-state index contributed by atoms with van der Waals surface area (Å²) in [7, 11) is 0. The molecule has 0 aromatic carbocycles. The molecule has 27 heavy (non-hydrogen) atoms. The van der Waals surface area contributed by atoms with Gasteiger partial charge >= 0.3 is 0 Å². The number of rotatable bonds is 5. The predicted octanol–water partition coefficient (Wildman–Crippen LogP) is 3.12. The third-order valence-electron chi connectivity index (χ3n) is 5.90. The Morgan fingerprint density at radius 2 is 1.70 bits per heavy atom. The van der Waals surface area contributed by atoms with Crippen molar-refractivity contribution >= 4 is 11.8 Å². The van der Waals surface area contributed by atoms with E-state index in [0.717, 1.165) is 51.4 Å². The van der Waals surface area contributed by atoms with Crippen LogP contribution in [0.5, 0.6) is 0 Å². The van der Waals surface area contributed by atoms with Crippen molar-refractivity contribution in [1.29, 1.82) is 0 Å². The molecule has 2 aliphatic rings. The van der Waals surface area contributed by atoms with Gasteiger partial charge in [-0.25, -0.2) is 0 Å². The van der Waals surface area contributed by atoms with Crippen LogP contribution >= 0.6 is 0 Å². The zero-order valence-electron chi connectivity index (χ0n) is 16.5. The Morgan fingerprint density at radius 1 is 1.07 bits per heavy atom. The lowest BCUT2D eigenvalue weighted by Gasteiger charge is -2.27. The van der Waals surface area contributed by atoms with Gasteiger partial charge in [-0.3, -0.25) is 14.4 Å². The van der Waals surface area contributed by atoms with Crippen LogP contribution < -0.4 is 10.7 Å². The molecule has 1 N–H and O–H groups in total. The van der Waals surface area contributed by atoms with Gasteiger partial charge in [0, 0.05) is 37.6 Å². The van der Waals surface area contributed by atoms with Crippen molar-refractivity contribution in [2.24, 2.45) is 0 Å². The number of carbonyl (C=O) groups excluding carboxylic acids is 2. The minimum atomic E-state index is -0.444. The van der Waals surface area contributed by atoms with Crippen LogP contribution in [0.1, 0.15) is 92.0 Å². The number of hydrogen-bond acceptors (Lipinski definition) is 3. The fourth-order valence-electron chi connectivity index (χ4n) is 4.00. The van der Waals surface area contributed by atoms with E-state index in [1.54, 1.807) is 17.3 Å². The average molecular weight is 373 g/mol. The van der Waals surface area contributed by atoms with Crippen molar-refractivity contribution in [3.05, 3.63) is 33.7 Å². The molecule has 2 fully saturated rings. The Morgan fingerprint density at radius 3 is 2.33 bits per heavy atom. The van der Waals surface area contributed by atoms with Crippen molar-refractivity contribution in [1.82, 2.24) is 14.8 Å². The molecule has 1 aromatic rings. The third kappa shape index (κ3) is 4.42. The molecule has 1 aliphatic heterocycles. The number of amides is 2. The lowest BCUT2D eigenvalue weighted by Crippen LogP contribution is -2.41. The highest BCUT2D eigenvalue weighted by molar-refractivity contribution is 5.99. The van der Waals surface area contributed by atoms with Crippen LogP contribution in [0.15, 0.2) is 17.2 Å². The molecule has 0 spiro atoms. The first-order valence-electron chi connectivity index (χ1n) is 10.4. The highest BCUT2D eigenvalue weighted by Crippen LogP contribution is 2.29. The second kappa shape index (κ2) is 8.72. The summed E-state index contributed by atoms with van der Waals surface area (Å²) in [6, 6.07) is 0.243. The summed E-state index contributed by atoms with van der Waals surface area (Å²) in [5.41, 5.74) is -0.216. The smallest absolute Gasteiger partial charge is 0.259 e. The van der Waals surface area contributed by atoms with E-state index < -0.39 is 5.43 Å². The molecule has 3 rings (SSSR count). The second-order valence-electron chi connectivity index (χ2n) is 7.94. The van der Waals surface area contributed by atoms with Gasteiger partial charge in [0.1, 0.15) is 11.1 Å². The molecule has 1 aliphatic carbocycles. The number of likely N-dealkylation sites (tertiary alicyclic amines) is 1. The maximum absolute atomic E-state index is 13.0. The Balaban J connectivity index is 1.98. The van der Waals surface area contributed by atoms with Gasteiger partial charge in [-0.2, -0.15) is 0 Å². The summed E-state index contributed by atoms with van der Waals surface area (Å²) >= 11 is 0. The normalized spacial score (nSPS) is 19.1. The van der Waals surface area contributed by atoms with Gasteiger partial charge in [0.05, 0.1) is 0 Å². The van der Waals surface area contributed by atoms with E-state index >= 15 is 0 Å². The number of nitrogens with zero attached hydrogens (tertiary/aromatic N) is 2. The van der Waals surface area contributed by atoms with Crippen LogP contribution in [0.2, 0.25) is 0 Å². The monoisotopic (exact) mass is 373 g/mol. The molecular formula is C21H31N3O3. The van der Waals surface area contributed by atoms with Crippen molar-refractivity contribution in [3.63, 3.8) is 0 Å². The number of aromatic nitrogens is 1. The molecule has 1 saturated heterocycles. The Labute approximate surface area is 160 Å². The quantitative estimate of drug-likeness (QED) is 0.862. The highest BCUT2D eigenvalue weighted by Gasteiger charge is 2.26. The Kier molecular flexibility index (Phi) is 6.34. The number of pyridine rings is 1. The number of piperidine rings is 1. The molecule has 1 atom stereocenters. The maximum atomic E-state index is 13.0. The van der Waals surface area contributed by atoms with Gasteiger partial charge in [0.25, 0.3) is 11.8 Å². The van der Waals surface area contributed by atoms with E-state index in [1.165, 1.54) is 0 Å². The van der Waals surface area contributed by atoms with Crippen LogP contribution in [-0.2, 0) is 0 Å². The summed E-state index contributed by atoms with van der Waals surface area (Å²) in [6.07, 6.45) is 11.5. The molecule has 1 aromatic heterocycles. The molecule has 1 unspecified atom stereocenters. The summed E-state index contributed by atoms with van der Waals surface area (Å²) in [6.45, 7) is 5.27. The fraction of sp³-hybridized carbons (Fsp3) is 0.667. The molecule has 2 amide bonds. The van der Waals surface area contributed by atoms with Crippen LogP contribution in [0.3, 0.4) is 0 Å². The van der Waals surface area contributed by atoms with Crippen LogP contribution in [0.25, 0.3) is 0 Å². The third-order valence-corrected chi connectivity index (χ3v) is 5.90. The van der Waals surface area contributed by atoms with Crippen LogP contribution in [0.4, 0.5) is 0 Å². The van der Waals surface area contributed by atoms with Crippen molar-refractivity contribution < 1.29 is 9.59 Å². The Bertz CT molecular complexity index is 744. The first-order valence-corrected chi connectivity index (χ1v) is 10.4. The maximum Gasteiger partial charge on any atom is 0.259 e. The zero-order chi connectivity index (χ0) is 19.4. The highest BCUT2D eigenvalue weighted by atomic mass is 16.2. The first-order chi connectivity index (χ1) is 13.0. The van der Waals surface area contributed by atoms with E-state index in [2.05, 4.69) is 5.32 Å². The summed E-state index contributed by atoms with van der Waals surface area (Å²) < 4.78 is 1.94. The Hall–Kier alpha value is -2.11. The predicted molar refractivity (Wildman–Crippen MR) is 105 cm³/mol. The molecule has 6 heteroatoms. The fourth-order valence-corrected chi connectivity index (χ4v) is 4.00. The minimum absolute atomic E-state index is 0.0155. The van der Waals surface area contributed by atoms with Gasteiger partial charge in [-0.05, 0) is 45.4 Å². The van der Waals surface area contributed by atoms with E-state index in [1.807, 2.05) is 18.4 Å². The number of nitrogens with one attached hydrogen (secondary N) is 1. The molecule has 2 heterocycles. The van der Waals surface area contributed by atoms with E-state index in [4.69, 9.17) is 0 Å². The molecule has 6 nitrogen and oxygen atoms in total. The summed E-state index contributed by atoms with van der Waals surface area (Å²) in [5.74, 6) is -0.612. The first kappa shape index (κ1) is 19.6. The largest absolute Gasteiger partial charge is 0.349 e. The average Bonchev–Trinajstić information content (AvgIpc) is 3.23. The van der Waals surface area contributed by atoms with E-state index in [9.17, 15) is 14.4 Å². The van der Waals surface area contributed by atoms with Gasteiger partial charge < -0.3 is 14.8 Å². The molecule has 1 saturated carbocycles. The van der Waals surface area contributed by atoms with Gasteiger partial charge in [-0.1, -0.05) is 19.8 Å². The number of hydrogen-bond donors (Lipinski definition) is 1.